The normalized spacial score (nSPS) is 20.5. The van der Waals surface area contributed by atoms with Crippen LogP contribution in [0.5, 0.6) is 0 Å². The van der Waals surface area contributed by atoms with Crippen LogP contribution in [0.1, 0.15) is 33.1 Å². The predicted molar refractivity (Wildman–Crippen MR) is 65.2 cm³/mol. The first-order valence-electron chi connectivity index (χ1n) is 5.95. The molecule has 0 aromatic heterocycles. The SMILES string of the molecule is CC(C)C(CCN)NS(=O)(=O)N1CCCC1. The fourth-order valence-corrected chi connectivity index (χ4v) is 3.56. The number of nitrogens with one attached hydrogen (secondary N) is 1. The summed E-state index contributed by atoms with van der Waals surface area (Å²) < 4.78 is 28.3. The third kappa shape index (κ3) is 3.69. The van der Waals surface area contributed by atoms with E-state index in [2.05, 4.69) is 4.72 Å². The van der Waals surface area contributed by atoms with E-state index in [1.165, 1.54) is 4.31 Å². The summed E-state index contributed by atoms with van der Waals surface area (Å²) >= 11 is 0. The first kappa shape index (κ1) is 13.9. The Morgan fingerprint density at radius 3 is 2.31 bits per heavy atom. The molecule has 6 heteroatoms. The maximum Gasteiger partial charge on any atom is 0.279 e. The van der Waals surface area contributed by atoms with Crippen molar-refractivity contribution < 1.29 is 8.42 Å². The first-order chi connectivity index (χ1) is 7.47. The topological polar surface area (TPSA) is 75.4 Å². The zero-order valence-corrected chi connectivity index (χ0v) is 11.0. The number of hydrogen-bond donors (Lipinski definition) is 2. The Morgan fingerprint density at radius 2 is 1.88 bits per heavy atom. The zero-order valence-electron chi connectivity index (χ0n) is 10.1. The maximum absolute atomic E-state index is 12.0. The lowest BCUT2D eigenvalue weighted by molar-refractivity contribution is 0.400. The highest BCUT2D eigenvalue weighted by Gasteiger charge is 2.28. The molecule has 1 atom stereocenters. The molecule has 1 unspecified atom stereocenters. The van der Waals surface area contributed by atoms with Gasteiger partial charge >= 0.3 is 0 Å². The molecule has 0 bridgehead atoms. The number of nitrogens with zero attached hydrogens (tertiary/aromatic N) is 1. The molecule has 5 nitrogen and oxygen atoms in total. The second-order valence-corrected chi connectivity index (χ2v) is 6.36. The Morgan fingerprint density at radius 1 is 1.31 bits per heavy atom. The van der Waals surface area contributed by atoms with Gasteiger partial charge in [-0.2, -0.15) is 17.4 Å². The van der Waals surface area contributed by atoms with E-state index in [1.54, 1.807) is 0 Å². The lowest BCUT2D eigenvalue weighted by atomic mass is 10.0. The van der Waals surface area contributed by atoms with E-state index in [-0.39, 0.29) is 12.0 Å². The van der Waals surface area contributed by atoms with Gasteiger partial charge in [-0.05, 0) is 31.7 Å². The van der Waals surface area contributed by atoms with Crippen molar-refractivity contribution in [2.75, 3.05) is 19.6 Å². The van der Waals surface area contributed by atoms with Crippen molar-refractivity contribution in [3.05, 3.63) is 0 Å². The second kappa shape index (κ2) is 5.95. The predicted octanol–water partition coefficient (Wildman–Crippen LogP) is 0.290. The molecule has 1 aliphatic rings. The van der Waals surface area contributed by atoms with E-state index in [0.29, 0.717) is 26.1 Å². The van der Waals surface area contributed by atoms with E-state index in [0.717, 1.165) is 12.8 Å². The molecular weight excluding hydrogens is 226 g/mol. The fraction of sp³-hybridized carbons (Fsp3) is 1.00. The third-order valence-electron chi connectivity index (χ3n) is 2.99. The van der Waals surface area contributed by atoms with Gasteiger partial charge in [-0.25, -0.2) is 0 Å². The minimum Gasteiger partial charge on any atom is -0.330 e. The van der Waals surface area contributed by atoms with Gasteiger partial charge in [-0.15, -0.1) is 0 Å². The Bertz CT molecular complexity index is 297. The summed E-state index contributed by atoms with van der Waals surface area (Å²) in [5, 5.41) is 0. The van der Waals surface area contributed by atoms with Crippen molar-refractivity contribution in [3.63, 3.8) is 0 Å². The van der Waals surface area contributed by atoms with Crippen LogP contribution in [0.4, 0.5) is 0 Å². The molecule has 3 N–H and O–H groups in total. The molecule has 0 saturated carbocycles. The van der Waals surface area contributed by atoms with E-state index in [9.17, 15) is 8.42 Å². The average Bonchev–Trinajstić information content (AvgIpc) is 2.69. The lowest BCUT2D eigenvalue weighted by Gasteiger charge is -2.25. The Kier molecular flexibility index (Phi) is 5.17. The number of rotatable bonds is 6. The van der Waals surface area contributed by atoms with Gasteiger partial charge in [0, 0.05) is 19.1 Å². The van der Waals surface area contributed by atoms with Crippen LogP contribution in [0.25, 0.3) is 0 Å². The molecule has 1 fully saturated rings. The molecule has 1 aliphatic heterocycles. The minimum atomic E-state index is -3.30. The lowest BCUT2D eigenvalue weighted by Crippen LogP contribution is -2.46. The summed E-state index contributed by atoms with van der Waals surface area (Å²) in [5.74, 6) is 0.265. The van der Waals surface area contributed by atoms with Crippen molar-refractivity contribution >= 4 is 10.2 Å². The highest BCUT2D eigenvalue weighted by atomic mass is 32.2. The van der Waals surface area contributed by atoms with Crippen LogP contribution < -0.4 is 10.5 Å². The van der Waals surface area contributed by atoms with Gasteiger partial charge < -0.3 is 5.73 Å². The van der Waals surface area contributed by atoms with Gasteiger partial charge in [0.2, 0.25) is 0 Å². The summed E-state index contributed by atoms with van der Waals surface area (Å²) in [6, 6.07) is -0.0596. The summed E-state index contributed by atoms with van der Waals surface area (Å²) in [5.41, 5.74) is 5.49. The largest absolute Gasteiger partial charge is 0.330 e. The van der Waals surface area contributed by atoms with Crippen LogP contribution in [-0.4, -0.2) is 38.4 Å². The molecule has 16 heavy (non-hydrogen) atoms. The quantitative estimate of drug-likeness (QED) is 0.710. The maximum atomic E-state index is 12.0. The highest BCUT2D eigenvalue weighted by molar-refractivity contribution is 7.87. The summed E-state index contributed by atoms with van der Waals surface area (Å²) in [6.07, 6.45) is 2.61. The van der Waals surface area contributed by atoms with Crippen LogP contribution >= 0.6 is 0 Å². The van der Waals surface area contributed by atoms with Crippen molar-refractivity contribution in [2.45, 2.75) is 39.2 Å². The monoisotopic (exact) mass is 249 g/mol. The van der Waals surface area contributed by atoms with Crippen LogP contribution in [-0.2, 0) is 10.2 Å². The molecule has 0 aliphatic carbocycles. The molecular formula is C10H23N3O2S. The van der Waals surface area contributed by atoms with Crippen molar-refractivity contribution in [2.24, 2.45) is 11.7 Å². The van der Waals surface area contributed by atoms with Gasteiger partial charge in [-0.1, -0.05) is 13.8 Å². The molecule has 1 saturated heterocycles. The van der Waals surface area contributed by atoms with Crippen molar-refractivity contribution in [1.29, 1.82) is 0 Å². The van der Waals surface area contributed by atoms with Crippen LogP contribution in [0.2, 0.25) is 0 Å². The van der Waals surface area contributed by atoms with Gasteiger partial charge in [0.1, 0.15) is 0 Å². The third-order valence-corrected chi connectivity index (χ3v) is 4.63. The van der Waals surface area contributed by atoms with E-state index in [1.807, 2.05) is 13.8 Å². The van der Waals surface area contributed by atoms with Crippen LogP contribution in [0.3, 0.4) is 0 Å². The van der Waals surface area contributed by atoms with E-state index in [4.69, 9.17) is 5.73 Å². The summed E-state index contributed by atoms with van der Waals surface area (Å²) in [6.45, 7) is 5.80. The molecule has 1 heterocycles. The molecule has 0 spiro atoms. The summed E-state index contributed by atoms with van der Waals surface area (Å²) in [4.78, 5) is 0. The highest BCUT2D eigenvalue weighted by Crippen LogP contribution is 2.14. The Labute approximate surface area is 98.6 Å². The fourth-order valence-electron chi connectivity index (χ4n) is 1.90. The molecule has 0 amide bonds. The second-order valence-electron chi connectivity index (χ2n) is 4.66. The van der Waals surface area contributed by atoms with Gasteiger partial charge in [0.05, 0.1) is 0 Å². The molecule has 0 radical (unpaired) electrons. The van der Waals surface area contributed by atoms with E-state index < -0.39 is 10.2 Å². The smallest absolute Gasteiger partial charge is 0.279 e. The van der Waals surface area contributed by atoms with Crippen molar-refractivity contribution in [3.8, 4) is 0 Å². The molecule has 96 valence electrons. The van der Waals surface area contributed by atoms with E-state index >= 15 is 0 Å². The average molecular weight is 249 g/mol. The van der Waals surface area contributed by atoms with Crippen LogP contribution in [0, 0.1) is 5.92 Å². The summed E-state index contributed by atoms with van der Waals surface area (Å²) in [7, 11) is -3.30. The van der Waals surface area contributed by atoms with Gasteiger partial charge in [0.15, 0.2) is 0 Å². The Hall–Kier alpha value is -0.170. The minimum absolute atomic E-state index is 0.0596. The molecule has 0 aromatic carbocycles. The zero-order chi connectivity index (χ0) is 12.2. The molecule has 0 aromatic rings. The van der Waals surface area contributed by atoms with Crippen molar-refractivity contribution in [1.82, 2.24) is 9.03 Å². The number of hydrogen-bond acceptors (Lipinski definition) is 3. The standard InChI is InChI=1S/C10H23N3O2S/c1-9(2)10(5-6-11)12-16(14,15)13-7-3-4-8-13/h9-10,12H,3-8,11H2,1-2H3. The van der Waals surface area contributed by atoms with Gasteiger partial charge in [0.25, 0.3) is 10.2 Å². The number of nitrogens with two attached hydrogens (primary N) is 1. The Balaban J connectivity index is 2.61. The van der Waals surface area contributed by atoms with Crippen LogP contribution in [0.15, 0.2) is 0 Å². The molecule has 1 rings (SSSR count). The first-order valence-corrected chi connectivity index (χ1v) is 7.39. The van der Waals surface area contributed by atoms with Gasteiger partial charge in [-0.3, -0.25) is 0 Å².